The fourth-order valence-corrected chi connectivity index (χ4v) is 2.89. The van der Waals surface area contributed by atoms with Crippen molar-refractivity contribution in [3.63, 3.8) is 0 Å². The molecule has 1 aromatic rings. The molecule has 2 rings (SSSR count). The van der Waals surface area contributed by atoms with E-state index in [1.165, 1.54) is 31.4 Å². The zero-order chi connectivity index (χ0) is 12.3. The molecule has 0 bridgehead atoms. The molecule has 1 fully saturated rings. The van der Waals surface area contributed by atoms with Crippen molar-refractivity contribution < 1.29 is 0 Å². The van der Waals surface area contributed by atoms with Crippen LogP contribution in [0, 0.1) is 11.8 Å². The molecule has 96 valence electrons. The monoisotopic (exact) mass is 235 g/mol. The highest BCUT2D eigenvalue weighted by atomic mass is 15.1. The Hall–Kier alpha value is -0.830. The van der Waals surface area contributed by atoms with E-state index < -0.39 is 0 Å². The molecule has 0 aromatic carbocycles. The van der Waals surface area contributed by atoms with Crippen LogP contribution in [0.4, 0.5) is 0 Å². The molecular weight excluding hydrogens is 210 g/mol. The minimum Gasteiger partial charge on any atom is -0.333 e. The van der Waals surface area contributed by atoms with Gasteiger partial charge in [0.05, 0.1) is 12.0 Å². The maximum Gasteiger partial charge on any atom is 0.0948 e. The molecule has 3 heteroatoms. The van der Waals surface area contributed by atoms with Crippen molar-refractivity contribution >= 4 is 0 Å². The average molecular weight is 235 g/mol. The molecule has 0 spiro atoms. The van der Waals surface area contributed by atoms with Crippen molar-refractivity contribution in [2.45, 2.75) is 58.5 Å². The summed E-state index contributed by atoms with van der Waals surface area (Å²) in [6.45, 7) is 5.55. The maximum atomic E-state index is 6.25. The van der Waals surface area contributed by atoms with Gasteiger partial charge in [-0.1, -0.05) is 26.7 Å². The second kappa shape index (κ2) is 5.67. The van der Waals surface area contributed by atoms with Gasteiger partial charge < -0.3 is 10.3 Å². The van der Waals surface area contributed by atoms with Gasteiger partial charge in [0.25, 0.3) is 0 Å². The van der Waals surface area contributed by atoms with Gasteiger partial charge in [-0.25, -0.2) is 4.98 Å². The standard InChI is InChI=1S/C14H25N3/c1-11(2)7-13(15)14-8-16-10-17(14)9-12-5-3-4-6-12/h8,10-13H,3-7,9,15H2,1-2H3. The quantitative estimate of drug-likeness (QED) is 0.852. The maximum absolute atomic E-state index is 6.25. The van der Waals surface area contributed by atoms with E-state index in [4.69, 9.17) is 5.73 Å². The van der Waals surface area contributed by atoms with Crippen LogP contribution in [0.1, 0.15) is 57.7 Å². The first-order valence-corrected chi connectivity index (χ1v) is 6.92. The number of hydrogen-bond donors (Lipinski definition) is 1. The third-order valence-electron chi connectivity index (χ3n) is 3.78. The molecule has 1 atom stereocenters. The van der Waals surface area contributed by atoms with Gasteiger partial charge in [-0.2, -0.15) is 0 Å². The fourth-order valence-electron chi connectivity index (χ4n) is 2.89. The van der Waals surface area contributed by atoms with E-state index in [1.54, 1.807) is 0 Å². The first-order chi connectivity index (χ1) is 8.16. The average Bonchev–Trinajstić information content (AvgIpc) is 2.88. The minimum atomic E-state index is 0.138. The van der Waals surface area contributed by atoms with Gasteiger partial charge in [-0.15, -0.1) is 0 Å². The number of nitrogens with two attached hydrogens (primary N) is 1. The van der Waals surface area contributed by atoms with E-state index in [9.17, 15) is 0 Å². The Morgan fingerprint density at radius 2 is 2.12 bits per heavy atom. The summed E-state index contributed by atoms with van der Waals surface area (Å²) in [5, 5.41) is 0. The van der Waals surface area contributed by atoms with Gasteiger partial charge in [0, 0.05) is 18.8 Å². The first kappa shape index (κ1) is 12.6. The number of imidazole rings is 1. The van der Waals surface area contributed by atoms with Gasteiger partial charge in [-0.3, -0.25) is 0 Å². The lowest BCUT2D eigenvalue weighted by atomic mass is 10.0. The molecular formula is C14H25N3. The molecule has 1 aliphatic rings. The van der Waals surface area contributed by atoms with Crippen LogP contribution in [-0.4, -0.2) is 9.55 Å². The van der Waals surface area contributed by atoms with E-state index in [2.05, 4.69) is 23.4 Å². The summed E-state index contributed by atoms with van der Waals surface area (Å²) in [7, 11) is 0. The summed E-state index contributed by atoms with van der Waals surface area (Å²) in [6, 6.07) is 0.138. The molecule has 0 radical (unpaired) electrons. The van der Waals surface area contributed by atoms with Gasteiger partial charge in [0.2, 0.25) is 0 Å². The summed E-state index contributed by atoms with van der Waals surface area (Å²) >= 11 is 0. The SMILES string of the molecule is CC(C)CC(N)c1cncn1CC1CCCC1. The summed E-state index contributed by atoms with van der Waals surface area (Å²) in [6.07, 6.45) is 10.5. The Morgan fingerprint density at radius 1 is 1.41 bits per heavy atom. The third kappa shape index (κ3) is 3.32. The molecule has 0 saturated heterocycles. The smallest absolute Gasteiger partial charge is 0.0948 e. The molecule has 3 nitrogen and oxygen atoms in total. The van der Waals surface area contributed by atoms with Gasteiger partial charge >= 0.3 is 0 Å². The molecule has 0 amide bonds. The van der Waals surface area contributed by atoms with Gasteiger partial charge in [0.1, 0.15) is 0 Å². The predicted octanol–water partition coefficient (Wildman–Crippen LogP) is 3.12. The van der Waals surface area contributed by atoms with E-state index in [0.717, 1.165) is 18.9 Å². The number of rotatable bonds is 5. The third-order valence-corrected chi connectivity index (χ3v) is 3.78. The van der Waals surface area contributed by atoms with E-state index in [1.807, 2.05) is 12.5 Å². The van der Waals surface area contributed by atoms with E-state index in [0.29, 0.717) is 5.92 Å². The van der Waals surface area contributed by atoms with Crippen LogP contribution in [-0.2, 0) is 6.54 Å². The summed E-state index contributed by atoms with van der Waals surface area (Å²) < 4.78 is 2.28. The Labute approximate surface area is 104 Å². The van der Waals surface area contributed by atoms with Gasteiger partial charge in [-0.05, 0) is 31.1 Å². The summed E-state index contributed by atoms with van der Waals surface area (Å²) in [5.41, 5.74) is 7.47. The van der Waals surface area contributed by atoms with Crippen LogP contribution in [0.25, 0.3) is 0 Å². The van der Waals surface area contributed by atoms with Crippen LogP contribution in [0.3, 0.4) is 0 Å². The first-order valence-electron chi connectivity index (χ1n) is 6.92. The van der Waals surface area contributed by atoms with Crippen molar-refractivity contribution in [2.24, 2.45) is 17.6 Å². The molecule has 1 aliphatic carbocycles. The van der Waals surface area contributed by atoms with Crippen LogP contribution in [0.15, 0.2) is 12.5 Å². The van der Waals surface area contributed by atoms with Crippen LogP contribution in [0.5, 0.6) is 0 Å². The fraction of sp³-hybridized carbons (Fsp3) is 0.786. The molecule has 1 saturated carbocycles. The van der Waals surface area contributed by atoms with Crippen molar-refractivity contribution in [1.29, 1.82) is 0 Å². The molecule has 1 aromatic heterocycles. The largest absolute Gasteiger partial charge is 0.333 e. The molecule has 0 aliphatic heterocycles. The Morgan fingerprint density at radius 3 is 2.76 bits per heavy atom. The summed E-state index contributed by atoms with van der Waals surface area (Å²) in [4.78, 5) is 4.28. The van der Waals surface area contributed by atoms with Crippen molar-refractivity contribution in [1.82, 2.24) is 9.55 Å². The van der Waals surface area contributed by atoms with E-state index >= 15 is 0 Å². The molecule has 1 unspecified atom stereocenters. The second-order valence-corrected chi connectivity index (χ2v) is 5.86. The molecule has 1 heterocycles. The topological polar surface area (TPSA) is 43.8 Å². The van der Waals surface area contributed by atoms with E-state index in [-0.39, 0.29) is 6.04 Å². The van der Waals surface area contributed by atoms with Crippen molar-refractivity contribution in [3.05, 3.63) is 18.2 Å². The number of nitrogens with zero attached hydrogens (tertiary/aromatic N) is 2. The highest BCUT2D eigenvalue weighted by Crippen LogP contribution is 2.27. The van der Waals surface area contributed by atoms with Crippen LogP contribution >= 0.6 is 0 Å². The Bertz CT molecular complexity index is 337. The van der Waals surface area contributed by atoms with Crippen molar-refractivity contribution in [2.75, 3.05) is 0 Å². The number of aromatic nitrogens is 2. The lowest BCUT2D eigenvalue weighted by Gasteiger charge is -2.18. The predicted molar refractivity (Wildman–Crippen MR) is 70.6 cm³/mol. The zero-order valence-electron chi connectivity index (χ0n) is 11.1. The Balaban J connectivity index is 2.00. The zero-order valence-corrected chi connectivity index (χ0v) is 11.1. The lowest BCUT2D eigenvalue weighted by molar-refractivity contribution is 0.425. The highest BCUT2D eigenvalue weighted by Gasteiger charge is 2.19. The minimum absolute atomic E-state index is 0.138. The van der Waals surface area contributed by atoms with Crippen LogP contribution < -0.4 is 5.73 Å². The van der Waals surface area contributed by atoms with Crippen LogP contribution in [0.2, 0.25) is 0 Å². The second-order valence-electron chi connectivity index (χ2n) is 5.86. The highest BCUT2D eigenvalue weighted by molar-refractivity contribution is 5.05. The summed E-state index contributed by atoms with van der Waals surface area (Å²) in [5.74, 6) is 1.48. The van der Waals surface area contributed by atoms with Gasteiger partial charge in [0.15, 0.2) is 0 Å². The normalized spacial score (nSPS) is 19.1. The van der Waals surface area contributed by atoms with Crippen molar-refractivity contribution in [3.8, 4) is 0 Å². The number of hydrogen-bond acceptors (Lipinski definition) is 2. The molecule has 17 heavy (non-hydrogen) atoms. The Kier molecular flexibility index (Phi) is 4.21. The molecule has 2 N–H and O–H groups in total. The lowest BCUT2D eigenvalue weighted by Crippen LogP contribution is -2.19.